The zero-order valence-electron chi connectivity index (χ0n) is 9.35. The molecule has 1 aromatic carbocycles. The van der Waals surface area contributed by atoms with Crippen LogP contribution in [-0.2, 0) is 0 Å². The van der Waals surface area contributed by atoms with Gasteiger partial charge in [0.2, 0.25) is 0 Å². The topological polar surface area (TPSA) is 64.1 Å². The number of nitrogens with two attached hydrogens (primary N) is 1. The molecule has 0 amide bonds. The largest absolute Gasteiger partial charge is 0.453 e. The fourth-order valence-electron chi connectivity index (χ4n) is 1.81. The Morgan fingerprint density at radius 2 is 2.11 bits per heavy atom. The highest BCUT2D eigenvalue weighted by molar-refractivity contribution is 6.34. The number of anilines is 1. The normalized spacial score (nSPS) is 10.8. The van der Waals surface area contributed by atoms with Gasteiger partial charge in [-0.25, -0.2) is 0 Å². The van der Waals surface area contributed by atoms with E-state index >= 15 is 0 Å². The summed E-state index contributed by atoms with van der Waals surface area (Å²) in [5, 5.41) is 1.54. The summed E-state index contributed by atoms with van der Waals surface area (Å²) < 4.78 is 5.72. The summed E-state index contributed by atoms with van der Waals surface area (Å²) in [6.45, 7) is 0. The minimum absolute atomic E-state index is 0.590. The van der Waals surface area contributed by atoms with Crippen LogP contribution >= 0.6 is 11.6 Å². The van der Waals surface area contributed by atoms with Gasteiger partial charge < -0.3 is 9.84 Å². The Bertz CT molecular complexity index is 708. The Morgan fingerprint density at radius 3 is 2.89 bits per heavy atom. The number of nitrogens with zero attached hydrogens (tertiary/aromatic N) is 1. The second-order valence-electron chi connectivity index (χ2n) is 3.84. The van der Waals surface area contributed by atoms with Crippen LogP contribution in [-0.4, -0.2) is 4.98 Å². The molecule has 4 nitrogen and oxygen atoms in total. The molecule has 3 rings (SSSR count). The SMILES string of the molecule is NNc1ccnc(-c2cc3cccc(Cl)c3o2)c1. The lowest BCUT2D eigenvalue weighted by Gasteiger charge is -2.00. The maximum absolute atomic E-state index is 6.07. The molecule has 0 fully saturated rings. The van der Waals surface area contributed by atoms with Gasteiger partial charge in [0.1, 0.15) is 5.69 Å². The van der Waals surface area contributed by atoms with E-state index in [0.29, 0.717) is 22.1 Å². The molecule has 0 radical (unpaired) electrons. The smallest absolute Gasteiger partial charge is 0.153 e. The summed E-state index contributed by atoms with van der Waals surface area (Å²) in [7, 11) is 0. The van der Waals surface area contributed by atoms with Crippen molar-refractivity contribution in [1.82, 2.24) is 4.98 Å². The van der Waals surface area contributed by atoms with Crippen molar-refractivity contribution in [3.63, 3.8) is 0 Å². The minimum Gasteiger partial charge on any atom is -0.453 e. The second-order valence-corrected chi connectivity index (χ2v) is 4.25. The van der Waals surface area contributed by atoms with E-state index in [9.17, 15) is 0 Å². The third-order valence-corrected chi connectivity index (χ3v) is 2.97. The molecule has 0 bridgehead atoms. The molecule has 0 unspecified atom stereocenters. The van der Waals surface area contributed by atoms with Gasteiger partial charge in [-0.05, 0) is 24.3 Å². The first-order chi connectivity index (χ1) is 8.78. The fraction of sp³-hybridized carbons (Fsp3) is 0. The van der Waals surface area contributed by atoms with E-state index in [-0.39, 0.29) is 0 Å². The molecule has 0 saturated carbocycles. The predicted molar refractivity (Wildman–Crippen MR) is 72.3 cm³/mol. The highest BCUT2D eigenvalue weighted by Crippen LogP contribution is 2.31. The predicted octanol–water partition coefficient (Wildman–Crippen LogP) is 3.43. The molecule has 3 N–H and O–H groups in total. The van der Waals surface area contributed by atoms with E-state index in [1.807, 2.05) is 24.3 Å². The van der Waals surface area contributed by atoms with E-state index in [1.54, 1.807) is 18.3 Å². The van der Waals surface area contributed by atoms with Crippen molar-refractivity contribution < 1.29 is 4.42 Å². The Balaban J connectivity index is 2.16. The lowest BCUT2D eigenvalue weighted by Crippen LogP contribution is -2.06. The van der Waals surface area contributed by atoms with Gasteiger partial charge in [-0.15, -0.1) is 0 Å². The first-order valence-corrected chi connectivity index (χ1v) is 5.77. The average Bonchev–Trinajstić information content (AvgIpc) is 2.84. The lowest BCUT2D eigenvalue weighted by molar-refractivity contribution is 0.629. The number of halogens is 1. The Hall–Kier alpha value is -2.04. The van der Waals surface area contributed by atoms with Gasteiger partial charge in [0.25, 0.3) is 0 Å². The van der Waals surface area contributed by atoms with Gasteiger partial charge in [-0.1, -0.05) is 23.7 Å². The molecule has 0 saturated heterocycles. The minimum atomic E-state index is 0.590. The van der Waals surface area contributed by atoms with Crippen molar-refractivity contribution in [1.29, 1.82) is 0 Å². The van der Waals surface area contributed by atoms with Gasteiger partial charge in [-0.3, -0.25) is 10.8 Å². The molecule has 0 aliphatic carbocycles. The van der Waals surface area contributed by atoms with Crippen molar-refractivity contribution in [2.45, 2.75) is 0 Å². The molecule has 0 atom stereocenters. The number of pyridine rings is 1. The lowest BCUT2D eigenvalue weighted by atomic mass is 10.2. The first-order valence-electron chi connectivity index (χ1n) is 5.39. The highest BCUT2D eigenvalue weighted by Gasteiger charge is 2.09. The van der Waals surface area contributed by atoms with Crippen molar-refractivity contribution in [3.8, 4) is 11.5 Å². The number of hydrogen-bond acceptors (Lipinski definition) is 4. The van der Waals surface area contributed by atoms with Gasteiger partial charge in [0.05, 0.1) is 10.7 Å². The fourth-order valence-corrected chi connectivity index (χ4v) is 2.03. The van der Waals surface area contributed by atoms with Crippen LogP contribution in [0.4, 0.5) is 5.69 Å². The standard InChI is InChI=1S/C13H10ClN3O/c14-10-3-1-2-8-6-12(18-13(8)10)11-7-9(17-15)4-5-16-11/h1-7H,15H2,(H,16,17). The van der Waals surface area contributed by atoms with Crippen molar-refractivity contribution in [3.05, 3.63) is 47.6 Å². The zero-order valence-corrected chi connectivity index (χ0v) is 10.1. The van der Waals surface area contributed by atoms with Crippen molar-refractivity contribution in [2.24, 2.45) is 5.84 Å². The summed E-state index contributed by atoms with van der Waals surface area (Å²) in [5.41, 5.74) is 4.72. The van der Waals surface area contributed by atoms with Crippen LogP contribution in [0.2, 0.25) is 5.02 Å². The van der Waals surface area contributed by atoms with Crippen LogP contribution in [0, 0.1) is 0 Å². The monoisotopic (exact) mass is 259 g/mol. The number of para-hydroxylation sites is 1. The number of hydrazine groups is 1. The van der Waals surface area contributed by atoms with Gasteiger partial charge in [0.15, 0.2) is 11.3 Å². The van der Waals surface area contributed by atoms with Crippen LogP contribution in [0.3, 0.4) is 0 Å². The van der Waals surface area contributed by atoms with Gasteiger partial charge in [0, 0.05) is 11.6 Å². The van der Waals surface area contributed by atoms with Crippen LogP contribution in [0.15, 0.2) is 47.0 Å². The van der Waals surface area contributed by atoms with Crippen LogP contribution in [0.1, 0.15) is 0 Å². The quantitative estimate of drug-likeness (QED) is 0.547. The molecule has 0 aliphatic rings. The summed E-state index contributed by atoms with van der Waals surface area (Å²) in [4.78, 5) is 4.25. The molecule has 2 aromatic heterocycles. The first kappa shape index (κ1) is 11.1. The summed E-state index contributed by atoms with van der Waals surface area (Å²) in [6.07, 6.45) is 1.67. The molecular formula is C13H10ClN3O. The van der Waals surface area contributed by atoms with Crippen LogP contribution in [0.25, 0.3) is 22.4 Å². The highest BCUT2D eigenvalue weighted by atomic mass is 35.5. The number of nitrogens with one attached hydrogen (secondary N) is 1. The van der Waals surface area contributed by atoms with Crippen LogP contribution < -0.4 is 11.3 Å². The third kappa shape index (κ3) is 1.81. The number of rotatable bonds is 2. The third-order valence-electron chi connectivity index (χ3n) is 2.68. The number of hydrogen-bond donors (Lipinski definition) is 2. The Labute approximate surface area is 108 Å². The molecule has 18 heavy (non-hydrogen) atoms. The van der Waals surface area contributed by atoms with Gasteiger partial charge in [-0.2, -0.15) is 0 Å². The molecule has 90 valence electrons. The molecular weight excluding hydrogens is 250 g/mol. The molecule has 0 aliphatic heterocycles. The van der Waals surface area contributed by atoms with E-state index in [1.165, 1.54) is 0 Å². The molecule has 0 spiro atoms. The molecule has 3 aromatic rings. The van der Waals surface area contributed by atoms with E-state index in [4.69, 9.17) is 21.9 Å². The average molecular weight is 260 g/mol. The summed E-state index contributed by atoms with van der Waals surface area (Å²) in [6, 6.07) is 11.1. The van der Waals surface area contributed by atoms with Crippen molar-refractivity contribution in [2.75, 3.05) is 5.43 Å². The second kappa shape index (κ2) is 4.33. The Kier molecular flexibility index (Phi) is 2.66. The van der Waals surface area contributed by atoms with E-state index in [0.717, 1.165) is 11.1 Å². The maximum Gasteiger partial charge on any atom is 0.153 e. The Morgan fingerprint density at radius 1 is 1.22 bits per heavy atom. The number of nitrogen functional groups attached to an aromatic ring is 1. The van der Waals surface area contributed by atoms with E-state index in [2.05, 4.69) is 10.4 Å². The van der Waals surface area contributed by atoms with Gasteiger partial charge >= 0.3 is 0 Å². The molecule has 5 heteroatoms. The zero-order chi connectivity index (χ0) is 12.5. The van der Waals surface area contributed by atoms with Crippen molar-refractivity contribution >= 4 is 28.3 Å². The summed E-state index contributed by atoms with van der Waals surface area (Å²) in [5.74, 6) is 6.03. The maximum atomic E-state index is 6.07. The summed E-state index contributed by atoms with van der Waals surface area (Å²) >= 11 is 6.07. The number of aromatic nitrogens is 1. The number of benzene rings is 1. The van der Waals surface area contributed by atoms with Crippen LogP contribution in [0.5, 0.6) is 0 Å². The number of furan rings is 1. The number of fused-ring (bicyclic) bond motifs is 1. The molecule has 2 heterocycles. The van der Waals surface area contributed by atoms with E-state index < -0.39 is 0 Å².